The third kappa shape index (κ3) is 5.19. The van der Waals surface area contributed by atoms with E-state index in [1.807, 2.05) is 18.6 Å². The Morgan fingerprint density at radius 2 is 1.43 bits per heavy atom. The number of pyridine rings is 1. The van der Waals surface area contributed by atoms with Gasteiger partial charge in [0.2, 0.25) is 0 Å². The maximum Gasteiger partial charge on any atom is 2.00 e. The molecule has 200 valence electrons. The summed E-state index contributed by atoms with van der Waals surface area (Å²) in [6.45, 7) is 11.0. The molecule has 0 aliphatic rings. The summed E-state index contributed by atoms with van der Waals surface area (Å²) in [6.07, 6.45) is 5.79. The van der Waals surface area contributed by atoms with Crippen LogP contribution in [-0.2, 0) is 26.5 Å². The molecular formula is C36H31N3Pt. The standard InChI is InChI=1S/C36H31N3.Pt/c1-24-9-6-10-25(2)34(24)39-20-19-38-35(39)29-13-7-12-27(21-29)31-14-8-11-26-15-16-28(22-32(26)31)33-23-30(17-18-37-33)36(3,4)5;/h6-20,23H,1-5H3;/q-2;+2. The molecule has 0 aliphatic heterocycles. The Morgan fingerprint density at radius 1 is 0.700 bits per heavy atom. The molecule has 0 fully saturated rings. The molecule has 6 aromatic rings. The first-order valence-corrected chi connectivity index (χ1v) is 13.3. The number of benzene rings is 4. The number of imidazole rings is 1. The van der Waals surface area contributed by atoms with Crippen molar-refractivity contribution in [3.05, 3.63) is 126 Å². The Hall–Kier alpha value is -3.81. The average Bonchev–Trinajstić information content (AvgIpc) is 3.41. The summed E-state index contributed by atoms with van der Waals surface area (Å²) in [5, 5.41) is 2.20. The van der Waals surface area contributed by atoms with Gasteiger partial charge in [0.05, 0.1) is 5.82 Å². The number of fused-ring (bicyclic) bond motifs is 1. The molecule has 40 heavy (non-hydrogen) atoms. The van der Waals surface area contributed by atoms with Gasteiger partial charge in [0.15, 0.2) is 0 Å². The third-order valence-electron chi connectivity index (χ3n) is 7.34. The molecule has 2 aromatic heterocycles. The fourth-order valence-electron chi connectivity index (χ4n) is 5.24. The number of aromatic nitrogens is 3. The van der Waals surface area contributed by atoms with E-state index in [2.05, 4.69) is 135 Å². The molecule has 0 aliphatic carbocycles. The quantitative estimate of drug-likeness (QED) is 0.172. The minimum Gasteiger partial charge on any atom is -0.331 e. The van der Waals surface area contributed by atoms with Crippen LogP contribution in [0.4, 0.5) is 0 Å². The minimum absolute atomic E-state index is 0. The SMILES string of the molecule is Cc1cccc(C)c1-n1ccnc1-c1[c-]c(-c2cccc3ccc(-c4cc(C(C)(C)C)ccn4)[c-]c23)ccc1.[Pt+2]. The first-order chi connectivity index (χ1) is 18.8. The summed E-state index contributed by atoms with van der Waals surface area (Å²) in [6, 6.07) is 35.0. The van der Waals surface area contributed by atoms with Crippen LogP contribution < -0.4 is 0 Å². The van der Waals surface area contributed by atoms with Crippen LogP contribution in [0.2, 0.25) is 0 Å². The molecule has 0 radical (unpaired) electrons. The molecule has 0 saturated carbocycles. The number of rotatable bonds is 4. The van der Waals surface area contributed by atoms with Crippen LogP contribution in [-0.4, -0.2) is 14.5 Å². The topological polar surface area (TPSA) is 30.7 Å². The molecule has 0 bridgehead atoms. The fraction of sp³-hybridized carbons (Fsp3) is 0.167. The number of para-hydroxylation sites is 1. The monoisotopic (exact) mass is 700 g/mol. The van der Waals surface area contributed by atoms with Gasteiger partial charge in [0.1, 0.15) is 0 Å². The van der Waals surface area contributed by atoms with Crippen LogP contribution in [0.25, 0.3) is 50.2 Å². The first-order valence-electron chi connectivity index (χ1n) is 13.3. The summed E-state index contributed by atoms with van der Waals surface area (Å²) in [5.74, 6) is 0.877. The third-order valence-corrected chi connectivity index (χ3v) is 7.34. The van der Waals surface area contributed by atoms with Gasteiger partial charge in [0, 0.05) is 30.0 Å². The van der Waals surface area contributed by atoms with Crippen LogP contribution in [0.15, 0.2) is 97.5 Å². The molecule has 0 N–H and O–H groups in total. The molecule has 0 saturated heterocycles. The minimum atomic E-state index is 0. The van der Waals surface area contributed by atoms with Gasteiger partial charge in [0.25, 0.3) is 0 Å². The average molecular weight is 701 g/mol. The van der Waals surface area contributed by atoms with Crippen LogP contribution in [0, 0.1) is 26.0 Å². The molecule has 4 aromatic carbocycles. The second kappa shape index (κ2) is 11.0. The number of hydrogen-bond donors (Lipinski definition) is 0. The Morgan fingerprint density at radius 3 is 2.20 bits per heavy atom. The predicted molar refractivity (Wildman–Crippen MR) is 161 cm³/mol. The van der Waals surface area contributed by atoms with Crippen LogP contribution in [0.1, 0.15) is 37.5 Å². The van der Waals surface area contributed by atoms with E-state index >= 15 is 0 Å². The maximum atomic E-state index is 4.74. The van der Waals surface area contributed by atoms with Crippen molar-refractivity contribution >= 4 is 10.8 Å². The molecule has 6 rings (SSSR count). The zero-order valence-corrected chi connectivity index (χ0v) is 25.7. The van der Waals surface area contributed by atoms with Gasteiger partial charge in [-0.05, 0) is 42.0 Å². The summed E-state index contributed by atoms with van der Waals surface area (Å²) >= 11 is 0. The predicted octanol–water partition coefficient (Wildman–Crippen LogP) is 8.93. The second-order valence-electron chi connectivity index (χ2n) is 11.2. The summed E-state index contributed by atoms with van der Waals surface area (Å²) in [4.78, 5) is 9.42. The van der Waals surface area contributed by atoms with E-state index in [1.165, 1.54) is 16.7 Å². The van der Waals surface area contributed by atoms with E-state index in [4.69, 9.17) is 4.98 Å². The van der Waals surface area contributed by atoms with Crippen molar-refractivity contribution in [2.45, 2.75) is 40.0 Å². The molecule has 4 heteroatoms. The largest absolute Gasteiger partial charge is 2.00 e. The van der Waals surface area contributed by atoms with Gasteiger partial charge in [-0.2, -0.15) is 0 Å². The Kier molecular flexibility index (Phi) is 7.62. The van der Waals surface area contributed by atoms with Crippen LogP contribution in [0.3, 0.4) is 0 Å². The normalized spacial score (nSPS) is 11.4. The van der Waals surface area contributed by atoms with Gasteiger partial charge < -0.3 is 4.57 Å². The molecule has 0 spiro atoms. The van der Waals surface area contributed by atoms with Crippen molar-refractivity contribution in [1.29, 1.82) is 0 Å². The van der Waals surface area contributed by atoms with Crippen molar-refractivity contribution in [2.24, 2.45) is 0 Å². The van der Waals surface area contributed by atoms with Crippen LogP contribution in [0.5, 0.6) is 0 Å². The number of aryl methyl sites for hydroxylation is 2. The smallest absolute Gasteiger partial charge is 0.331 e. The van der Waals surface area contributed by atoms with E-state index in [-0.39, 0.29) is 26.5 Å². The molecular weight excluding hydrogens is 669 g/mol. The van der Waals surface area contributed by atoms with Crippen molar-refractivity contribution in [3.8, 4) is 39.5 Å². The van der Waals surface area contributed by atoms with E-state index < -0.39 is 0 Å². The molecule has 2 heterocycles. The first kappa shape index (κ1) is 27.7. The Bertz CT molecular complexity index is 1800. The second-order valence-corrected chi connectivity index (χ2v) is 11.2. The van der Waals surface area contributed by atoms with Gasteiger partial charge in [-0.25, -0.2) is 0 Å². The van der Waals surface area contributed by atoms with Crippen molar-refractivity contribution in [3.63, 3.8) is 0 Å². The van der Waals surface area contributed by atoms with Gasteiger partial charge in [-0.1, -0.05) is 85.3 Å². The van der Waals surface area contributed by atoms with Crippen LogP contribution >= 0.6 is 0 Å². The van der Waals surface area contributed by atoms with Crippen molar-refractivity contribution < 1.29 is 21.1 Å². The van der Waals surface area contributed by atoms with E-state index in [0.717, 1.165) is 50.2 Å². The van der Waals surface area contributed by atoms with Gasteiger partial charge in [-0.3, -0.25) is 9.97 Å². The maximum absolute atomic E-state index is 4.74. The Labute approximate surface area is 251 Å². The summed E-state index contributed by atoms with van der Waals surface area (Å²) in [5.41, 5.74) is 9.89. The summed E-state index contributed by atoms with van der Waals surface area (Å²) < 4.78 is 2.17. The van der Waals surface area contributed by atoms with Crippen molar-refractivity contribution in [2.75, 3.05) is 0 Å². The zero-order valence-electron chi connectivity index (χ0n) is 23.4. The summed E-state index contributed by atoms with van der Waals surface area (Å²) in [7, 11) is 0. The van der Waals surface area contributed by atoms with E-state index in [1.54, 1.807) is 0 Å². The zero-order chi connectivity index (χ0) is 27.1. The Balaban J connectivity index is 0.00000323. The number of hydrogen-bond acceptors (Lipinski definition) is 2. The van der Waals surface area contributed by atoms with Gasteiger partial charge in [-0.15, -0.1) is 53.4 Å². The fourth-order valence-corrected chi connectivity index (χ4v) is 5.24. The molecule has 0 amide bonds. The molecule has 0 unspecified atom stereocenters. The van der Waals surface area contributed by atoms with Crippen molar-refractivity contribution in [1.82, 2.24) is 14.5 Å². The molecule has 3 nitrogen and oxygen atoms in total. The van der Waals surface area contributed by atoms with Gasteiger partial charge >= 0.3 is 21.1 Å². The number of nitrogens with zero attached hydrogens (tertiary/aromatic N) is 3. The van der Waals surface area contributed by atoms with E-state index in [0.29, 0.717) is 0 Å². The van der Waals surface area contributed by atoms with E-state index in [9.17, 15) is 0 Å². The molecule has 0 atom stereocenters.